The molecular weight excluding hydrogens is 421 g/mol. The van der Waals surface area contributed by atoms with Gasteiger partial charge in [0.25, 0.3) is 5.91 Å². The molecule has 0 aliphatic carbocycles. The topological polar surface area (TPSA) is 58.6 Å². The fourth-order valence-corrected chi connectivity index (χ4v) is 4.46. The Morgan fingerprint density at radius 3 is 2.53 bits per heavy atom. The summed E-state index contributed by atoms with van der Waals surface area (Å²) in [6.45, 7) is 6.46. The smallest absolute Gasteiger partial charge is 0.379 e. The Kier molecular flexibility index (Phi) is 6.76. The lowest BCUT2D eigenvalue weighted by Crippen LogP contribution is -2.50. The maximum Gasteiger partial charge on any atom is 0.416 e. The molecule has 0 N–H and O–H groups in total. The molecule has 0 spiro atoms. The summed E-state index contributed by atoms with van der Waals surface area (Å²) in [6.07, 6.45) is -1.05. The van der Waals surface area contributed by atoms with E-state index in [0.29, 0.717) is 41.6 Å². The van der Waals surface area contributed by atoms with Crippen LogP contribution in [0.15, 0.2) is 30.6 Å². The minimum absolute atomic E-state index is 0.143. The summed E-state index contributed by atoms with van der Waals surface area (Å²) in [4.78, 5) is 25.9. The third-order valence-corrected chi connectivity index (χ3v) is 6.33. The van der Waals surface area contributed by atoms with Crippen molar-refractivity contribution in [3.63, 3.8) is 0 Å². The van der Waals surface area contributed by atoms with Gasteiger partial charge in [0, 0.05) is 44.2 Å². The molecule has 2 aliphatic heterocycles. The van der Waals surface area contributed by atoms with Crippen molar-refractivity contribution in [1.82, 2.24) is 19.8 Å². The normalized spacial score (nSPS) is 18.7. The predicted molar refractivity (Wildman–Crippen MR) is 112 cm³/mol. The summed E-state index contributed by atoms with van der Waals surface area (Å²) in [5.74, 6) is -0.143. The van der Waals surface area contributed by atoms with E-state index >= 15 is 0 Å². The zero-order valence-electron chi connectivity index (χ0n) is 18.1. The molecule has 1 aromatic carbocycles. The van der Waals surface area contributed by atoms with Crippen LogP contribution in [-0.4, -0.2) is 71.1 Å². The van der Waals surface area contributed by atoms with Gasteiger partial charge >= 0.3 is 6.18 Å². The zero-order chi connectivity index (χ0) is 22.7. The molecule has 9 heteroatoms. The number of hydrogen-bond donors (Lipinski definition) is 0. The first-order valence-corrected chi connectivity index (χ1v) is 10.9. The Bertz CT molecular complexity index is 952. The standard InChI is InChI=1S/C23H27F3N4O2/c1-16-20(14-17-3-2-4-18(13-17)23(24,25)26)27-15-28-21(16)22(31)30-7-5-19(6-8-30)29-9-11-32-12-10-29/h2-4,13,15,19H,5-12,14H2,1H3. The Balaban J connectivity index is 1.44. The van der Waals surface area contributed by atoms with Crippen LogP contribution in [0.4, 0.5) is 13.2 Å². The van der Waals surface area contributed by atoms with Gasteiger partial charge in [0.05, 0.1) is 24.5 Å². The molecule has 6 nitrogen and oxygen atoms in total. The number of amides is 1. The van der Waals surface area contributed by atoms with Gasteiger partial charge in [0.2, 0.25) is 0 Å². The lowest BCUT2D eigenvalue weighted by molar-refractivity contribution is -0.137. The Morgan fingerprint density at radius 1 is 1.12 bits per heavy atom. The van der Waals surface area contributed by atoms with Crippen molar-refractivity contribution < 1.29 is 22.7 Å². The lowest BCUT2D eigenvalue weighted by Gasteiger charge is -2.40. The Hall–Kier alpha value is -2.52. The third-order valence-electron chi connectivity index (χ3n) is 6.33. The highest BCUT2D eigenvalue weighted by molar-refractivity contribution is 5.93. The molecule has 1 aromatic heterocycles. The van der Waals surface area contributed by atoms with Crippen LogP contribution in [0.2, 0.25) is 0 Å². The fraction of sp³-hybridized carbons (Fsp3) is 0.522. The van der Waals surface area contributed by atoms with Gasteiger partial charge in [-0.25, -0.2) is 9.97 Å². The molecule has 172 valence electrons. The fourth-order valence-electron chi connectivity index (χ4n) is 4.46. The second kappa shape index (κ2) is 9.54. The number of ether oxygens (including phenoxy) is 1. The number of morpholine rings is 1. The SMILES string of the molecule is Cc1c(Cc2cccc(C(F)(F)F)c2)ncnc1C(=O)N1CCC(N2CCOCC2)CC1. The second-order valence-corrected chi connectivity index (χ2v) is 8.34. The van der Waals surface area contributed by atoms with Crippen LogP contribution in [0.1, 0.15) is 45.7 Å². The van der Waals surface area contributed by atoms with Crippen molar-refractivity contribution in [3.05, 3.63) is 58.7 Å². The van der Waals surface area contributed by atoms with E-state index < -0.39 is 11.7 Å². The molecule has 4 rings (SSSR count). The van der Waals surface area contributed by atoms with Crippen molar-refractivity contribution in [2.75, 3.05) is 39.4 Å². The lowest BCUT2D eigenvalue weighted by atomic mass is 10.0. The number of alkyl halides is 3. The summed E-state index contributed by atoms with van der Waals surface area (Å²) in [7, 11) is 0. The minimum Gasteiger partial charge on any atom is -0.379 e. The summed E-state index contributed by atoms with van der Waals surface area (Å²) < 4.78 is 44.5. The predicted octanol–water partition coefficient (Wildman–Crippen LogP) is 3.33. The van der Waals surface area contributed by atoms with Crippen LogP contribution in [0, 0.1) is 6.92 Å². The Labute approximate surface area is 185 Å². The average Bonchev–Trinajstić information content (AvgIpc) is 2.80. The van der Waals surface area contributed by atoms with Crippen LogP contribution in [0.25, 0.3) is 0 Å². The minimum atomic E-state index is -4.40. The highest BCUT2D eigenvalue weighted by atomic mass is 19.4. The first kappa shape index (κ1) is 22.7. The maximum atomic E-state index is 13.1. The zero-order valence-corrected chi connectivity index (χ0v) is 18.1. The molecule has 1 amide bonds. The van der Waals surface area contributed by atoms with Gasteiger partial charge in [-0.3, -0.25) is 9.69 Å². The van der Waals surface area contributed by atoms with Gasteiger partial charge in [0.1, 0.15) is 12.0 Å². The summed E-state index contributed by atoms with van der Waals surface area (Å²) >= 11 is 0. The van der Waals surface area contributed by atoms with Crippen LogP contribution >= 0.6 is 0 Å². The number of nitrogens with zero attached hydrogens (tertiary/aromatic N) is 4. The molecule has 2 saturated heterocycles. The number of piperidine rings is 1. The van der Waals surface area contributed by atoms with E-state index in [1.165, 1.54) is 12.4 Å². The van der Waals surface area contributed by atoms with Crippen LogP contribution in [0.3, 0.4) is 0 Å². The number of aromatic nitrogens is 2. The quantitative estimate of drug-likeness (QED) is 0.718. The monoisotopic (exact) mass is 448 g/mol. The van der Waals surface area contributed by atoms with Gasteiger partial charge in [0.15, 0.2) is 0 Å². The summed E-state index contributed by atoms with van der Waals surface area (Å²) in [6, 6.07) is 5.66. The Morgan fingerprint density at radius 2 is 1.84 bits per heavy atom. The number of rotatable bonds is 4. The van der Waals surface area contributed by atoms with Crippen LogP contribution in [-0.2, 0) is 17.3 Å². The maximum absolute atomic E-state index is 13.1. The van der Waals surface area contributed by atoms with Gasteiger partial charge in [-0.05, 0) is 31.4 Å². The molecule has 2 aromatic rings. The largest absolute Gasteiger partial charge is 0.416 e. The van der Waals surface area contributed by atoms with Crippen molar-refractivity contribution in [3.8, 4) is 0 Å². The molecular formula is C23H27F3N4O2. The van der Waals surface area contributed by atoms with E-state index in [2.05, 4.69) is 14.9 Å². The van der Waals surface area contributed by atoms with E-state index in [1.807, 2.05) is 4.90 Å². The van der Waals surface area contributed by atoms with E-state index in [9.17, 15) is 18.0 Å². The highest BCUT2D eigenvalue weighted by Crippen LogP contribution is 2.30. The third kappa shape index (κ3) is 5.10. The van der Waals surface area contributed by atoms with E-state index in [0.717, 1.165) is 51.3 Å². The van der Waals surface area contributed by atoms with Gasteiger partial charge in [-0.2, -0.15) is 13.2 Å². The first-order chi connectivity index (χ1) is 15.3. The van der Waals surface area contributed by atoms with Crippen LogP contribution in [0.5, 0.6) is 0 Å². The molecule has 32 heavy (non-hydrogen) atoms. The van der Waals surface area contributed by atoms with Crippen molar-refractivity contribution in [2.45, 2.75) is 38.4 Å². The van der Waals surface area contributed by atoms with Gasteiger partial charge in [-0.1, -0.05) is 18.2 Å². The average molecular weight is 448 g/mol. The molecule has 0 unspecified atom stereocenters. The van der Waals surface area contributed by atoms with Crippen LogP contribution < -0.4 is 0 Å². The molecule has 0 radical (unpaired) electrons. The molecule has 0 saturated carbocycles. The molecule has 2 aliphatic rings. The van der Waals surface area contributed by atoms with Crippen molar-refractivity contribution >= 4 is 5.91 Å². The number of halogens is 3. The summed E-state index contributed by atoms with van der Waals surface area (Å²) in [5.41, 5.74) is 1.30. The van der Waals surface area contributed by atoms with Crippen molar-refractivity contribution in [2.24, 2.45) is 0 Å². The molecule has 0 bridgehead atoms. The molecule has 3 heterocycles. The van der Waals surface area contributed by atoms with E-state index in [1.54, 1.807) is 13.0 Å². The number of hydrogen-bond acceptors (Lipinski definition) is 5. The highest BCUT2D eigenvalue weighted by Gasteiger charge is 2.31. The number of carbonyl (C=O) groups is 1. The first-order valence-electron chi connectivity index (χ1n) is 10.9. The van der Waals surface area contributed by atoms with E-state index in [4.69, 9.17) is 4.74 Å². The van der Waals surface area contributed by atoms with Crippen molar-refractivity contribution in [1.29, 1.82) is 0 Å². The number of likely N-dealkylation sites (tertiary alicyclic amines) is 1. The van der Waals surface area contributed by atoms with Gasteiger partial charge in [-0.15, -0.1) is 0 Å². The number of benzene rings is 1. The van der Waals surface area contributed by atoms with E-state index in [-0.39, 0.29) is 12.3 Å². The molecule has 0 atom stereocenters. The molecule has 2 fully saturated rings. The summed E-state index contributed by atoms with van der Waals surface area (Å²) in [5, 5.41) is 0. The van der Waals surface area contributed by atoms with Gasteiger partial charge < -0.3 is 9.64 Å². The second-order valence-electron chi connectivity index (χ2n) is 8.34. The number of carbonyl (C=O) groups excluding carboxylic acids is 1.